The molecular weight excluding hydrogens is 230 g/mol. The normalized spacial score (nSPS) is 11.2. The second kappa shape index (κ2) is 5.49. The summed E-state index contributed by atoms with van der Waals surface area (Å²) in [5.41, 5.74) is 2.58. The van der Waals surface area contributed by atoms with Gasteiger partial charge in [-0.2, -0.15) is 0 Å². The molecule has 0 amide bonds. The molecule has 0 unspecified atom stereocenters. The van der Waals surface area contributed by atoms with E-state index >= 15 is 0 Å². The van der Waals surface area contributed by atoms with Gasteiger partial charge in [-0.3, -0.25) is 4.79 Å². The Bertz CT molecular complexity index is 584. The van der Waals surface area contributed by atoms with Crippen molar-refractivity contribution in [2.24, 2.45) is 0 Å². The van der Waals surface area contributed by atoms with Gasteiger partial charge in [0.25, 0.3) is 0 Å². The summed E-state index contributed by atoms with van der Waals surface area (Å²) in [6.45, 7) is 4.02. The minimum absolute atomic E-state index is 0.216. The Morgan fingerprint density at radius 1 is 1.50 bits per heavy atom. The molecule has 0 bridgehead atoms. The monoisotopic (exact) mass is 245 g/mol. The molecular formula is C14H15NO3. The van der Waals surface area contributed by atoms with Crippen LogP contribution in [0.5, 0.6) is 0 Å². The number of nitrogens with zero attached hydrogens (tertiary/aromatic N) is 1. The SMILES string of the molecule is CCOC(=O)CC=Cc1ccc2oc(C)nc2c1. The zero-order chi connectivity index (χ0) is 13.0. The summed E-state index contributed by atoms with van der Waals surface area (Å²) in [7, 11) is 0. The third kappa shape index (κ3) is 2.97. The number of aryl methyl sites for hydroxylation is 1. The van der Waals surface area contributed by atoms with Gasteiger partial charge in [-0.1, -0.05) is 18.2 Å². The Morgan fingerprint density at radius 2 is 2.33 bits per heavy atom. The van der Waals surface area contributed by atoms with Crippen LogP contribution in [0.2, 0.25) is 0 Å². The number of fused-ring (bicyclic) bond motifs is 1. The lowest BCUT2D eigenvalue weighted by atomic mass is 10.2. The van der Waals surface area contributed by atoms with E-state index in [-0.39, 0.29) is 12.4 Å². The maximum Gasteiger partial charge on any atom is 0.309 e. The van der Waals surface area contributed by atoms with E-state index in [4.69, 9.17) is 9.15 Å². The summed E-state index contributed by atoms with van der Waals surface area (Å²) in [6, 6.07) is 5.72. The summed E-state index contributed by atoms with van der Waals surface area (Å²) in [4.78, 5) is 15.4. The number of hydrogen-bond acceptors (Lipinski definition) is 4. The highest BCUT2D eigenvalue weighted by atomic mass is 16.5. The summed E-state index contributed by atoms with van der Waals surface area (Å²) >= 11 is 0. The minimum atomic E-state index is -0.216. The molecule has 94 valence electrons. The van der Waals surface area contributed by atoms with Gasteiger partial charge in [-0.15, -0.1) is 0 Å². The van der Waals surface area contributed by atoms with Crippen molar-refractivity contribution in [2.75, 3.05) is 6.61 Å². The maximum absolute atomic E-state index is 11.1. The van der Waals surface area contributed by atoms with Crippen LogP contribution in [0, 0.1) is 6.92 Å². The first kappa shape index (κ1) is 12.4. The lowest BCUT2D eigenvalue weighted by molar-refractivity contribution is -0.142. The molecule has 1 heterocycles. The maximum atomic E-state index is 11.1. The van der Waals surface area contributed by atoms with Crippen molar-refractivity contribution < 1.29 is 13.9 Å². The molecule has 1 aromatic heterocycles. The molecule has 18 heavy (non-hydrogen) atoms. The molecule has 0 aliphatic carbocycles. The number of hydrogen-bond donors (Lipinski definition) is 0. The molecule has 1 aromatic carbocycles. The first-order valence-electron chi connectivity index (χ1n) is 5.88. The fourth-order valence-corrected chi connectivity index (χ4v) is 1.67. The van der Waals surface area contributed by atoms with Gasteiger partial charge in [-0.25, -0.2) is 4.98 Å². The van der Waals surface area contributed by atoms with Gasteiger partial charge in [0, 0.05) is 6.92 Å². The number of carbonyl (C=O) groups is 1. The van der Waals surface area contributed by atoms with Crippen molar-refractivity contribution in [3.63, 3.8) is 0 Å². The van der Waals surface area contributed by atoms with Crippen LogP contribution in [0.1, 0.15) is 24.8 Å². The van der Waals surface area contributed by atoms with Gasteiger partial charge >= 0.3 is 5.97 Å². The van der Waals surface area contributed by atoms with E-state index in [1.165, 1.54) is 0 Å². The van der Waals surface area contributed by atoms with Crippen LogP contribution < -0.4 is 0 Å². The van der Waals surface area contributed by atoms with Crippen molar-refractivity contribution in [3.05, 3.63) is 35.7 Å². The van der Waals surface area contributed by atoms with Crippen LogP contribution in [0.4, 0.5) is 0 Å². The molecule has 4 heteroatoms. The fourth-order valence-electron chi connectivity index (χ4n) is 1.67. The van der Waals surface area contributed by atoms with E-state index < -0.39 is 0 Å². The van der Waals surface area contributed by atoms with Crippen molar-refractivity contribution >= 4 is 23.1 Å². The Kier molecular flexibility index (Phi) is 3.77. The third-order valence-electron chi connectivity index (χ3n) is 2.42. The number of oxazole rings is 1. The minimum Gasteiger partial charge on any atom is -0.466 e. The molecule has 2 rings (SSSR count). The second-order valence-corrected chi connectivity index (χ2v) is 3.87. The number of aromatic nitrogens is 1. The van der Waals surface area contributed by atoms with Crippen molar-refractivity contribution in [3.8, 4) is 0 Å². The molecule has 4 nitrogen and oxygen atoms in total. The van der Waals surface area contributed by atoms with E-state index in [0.717, 1.165) is 16.7 Å². The van der Waals surface area contributed by atoms with Crippen molar-refractivity contribution in [1.29, 1.82) is 0 Å². The lowest BCUT2D eigenvalue weighted by Gasteiger charge is -1.97. The highest BCUT2D eigenvalue weighted by Crippen LogP contribution is 2.17. The van der Waals surface area contributed by atoms with Gasteiger partial charge in [0.2, 0.25) is 0 Å². The largest absolute Gasteiger partial charge is 0.466 e. The quantitative estimate of drug-likeness (QED) is 0.777. The number of benzene rings is 1. The van der Waals surface area contributed by atoms with E-state index in [1.807, 2.05) is 31.2 Å². The fraction of sp³-hybridized carbons (Fsp3) is 0.286. The molecule has 0 saturated heterocycles. The molecule has 0 aliphatic rings. The lowest BCUT2D eigenvalue weighted by Crippen LogP contribution is -2.01. The molecule has 0 aliphatic heterocycles. The average molecular weight is 245 g/mol. The third-order valence-corrected chi connectivity index (χ3v) is 2.42. The summed E-state index contributed by atoms with van der Waals surface area (Å²) in [6.07, 6.45) is 3.94. The molecule has 0 fully saturated rings. The van der Waals surface area contributed by atoms with Gasteiger partial charge in [0.1, 0.15) is 5.52 Å². The Morgan fingerprint density at radius 3 is 3.11 bits per heavy atom. The summed E-state index contributed by atoms with van der Waals surface area (Å²) in [5, 5.41) is 0. The predicted molar refractivity (Wildman–Crippen MR) is 69.0 cm³/mol. The Labute approximate surface area is 105 Å². The molecule has 0 saturated carbocycles. The highest BCUT2D eigenvalue weighted by Gasteiger charge is 2.02. The van der Waals surface area contributed by atoms with Crippen molar-refractivity contribution in [1.82, 2.24) is 4.98 Å². The molecule has 0 radical (unpaired) electrons. The zero-order valence-electron chi connectivity index (χ0n) is 10.5. The van der Waals surface area contributed by atoms with Crippen LogP contribution in [-0.2, 0) is 9.53 Å². The molecule has 0 N–H and O–H groups in total. The van der Waals surface area contributed by atoms with Gasteiger partial charge in [0.05, 0.1) is 13.0 Å². The van der Waals surface area contributed by atoms with E-state index in [0.29, 0.717) is 12.5 Å². The van der Waals surface area contributed by atoms with E-state index in [2.05, 4.69) is 4.98 Å². The van der Waals surface area contributed by atoms with Crippen LogP contribution >= 0.6 is 0 Å². The van der Waals surface area contributed by atoms with E-state index in [1.54, 1.807) is 13.0 Å². The summed E-state index contributed by atoms with van der Waals surface area (Å²) in [5.74, 6) is 0.435. The van der Waals surface area contributed by atoms with Gasteiger partial charge < -0.3 is 9.15 Å². The molecule has 0 spiro atoms. The Balaban J connectivity index is 2.07. The average Bonchev–Trinajstić information content (AvgIpc) is 2.69. The molecule has 2 aromatic rings. The molecule has 0 atom stereocenters. The van der Waals surface area contributed by atoms with E-state index in [9.17, 15) is 4.79 Å². The summed E-state index contributed by atoms with van der Waals surface area (Å²) < 4.78 is 10.2. The standard InChI is InChI=1S/C14H15NO3/c1-3-17-14(16)6-4-5-11-7-8-13-12(9-11)15-10(2)18-13/h4-5,7-9H,3,6H2,1-2H3. The first-order valence-corrected chi connectivity index (χ1v) is 5.88. The zero-order valence-corrected chi connectivity index (χ0v) is 10.5. The smallest absolute Gasteiger partial charge is 0.309 e. The number of esters is 1. The van der Waals surface area contributed by atoms with Crippen LogP contribution in [0.15, 0.2) is 28.7 Å². The van der Waals surface area contributed by atoms with Crippen molar-refractivity contribution in [2.45, 2.75) is 20.3 Å². The second-order valence-electron chi connectivity index (χ2n) is 3.87. The van der Waals surface area contributed by atoms with Gasteiger partial charge in [0.15, 0.2) is 11.5 Å². The highest BCUT2D eigenvalue weighted by molar-refractivity contribution is 5.77. The number of carbonyl (C=O) groups excluding carboxylic acids is 1. The Hall–Kier alpha value is -2.10. The number of rotatable bonds is 4. The van der Waals surface area contributed by atoms with Crippen LogP contribution in [0.3, 0.4) is 0 Å². The number of ether oxygens (including phenoxy) is 1. The first-order chi connectivity index (χ1) is 8.69. The van der Waals surface area contributed by atoms with Crippen LogP contribution in [-0.4, -0.2) is 17.6 Å². The van der Waals surface area contributed by atoms with Crippen LogP contribution in [0.25, 0.3) is 17.2 Å². The topological polar surface area (TPSA) is 52.3 Å². The predicted octanol–water partition coefficient (Wildman–Crippen LogP) is 3.10. The van der Waals surface area contributed by atoms with Gasteiger partial charge in [-0.05, 0) is 24.6 Å².